The molecule has 0 atom stereocenters. The highest BCUT2D eigenvalue weighted by Gasteiger charge is 2.10. The molecule has 0 fully saturated rings. The molecule has 0 spiro atoms. The van der Waals surface area contributed by atoms with Crippen LogP contribution in [0.15, 0.2) is 55.0 Å². The molecule has 6 heteroatoms. The second kappa shape index (κ2) is 6.23. The van der Waals surface area contributed by atoms with Gasteiger partial charge in [0.1, 0.15) is 0 Å². The highest BCUT2D eigenvalue weighted by molar-refractivity contribution is 5.95. The first kappa shape index (κ1) is 14.6. The third-order valence-electron chi connectivity index (χ3n) is 3.46. The maximum Gasteiger partial charge on any atom is 0.249 e. The maximum atomic E-state index is 11.4. The standard InChI is InChI=1S/C17H15N5O/c1-11-13(16(18)23)5-2-6-14(11)21-17-20-9-7-15(22-17)12-4-3-8-19-10-12/h2-10H,1H3,(H2,18,23)(H,20,21,22). The Morgan fingerprint density at radius 1 is 1.13 bits per heavy atom. The first-order valence-corrected chi connectivity index (χ1v) is 7.05. The van der Waals surface area contributed by atoms with E-state index in [0.717, 1.165) is 22.5 Å². The van der Waals surface area contributed by atoms with E-state index < -0.39 is 5.91 Å². The zero-order valence-corrected chi connectivity index (χ0v) is 12.5. The van der Waals surface area contributed by atoms with Gasteiger partial charge in [-0.2, -0.15) is 0 Å². The van der Waals surface area contributed by atoms with Crippen LogP contribution >= 0.6 is 0 Å². The van der Waals surface area contributed by atoms with Crippen LogP contribution < -0.4 is 11.1 Å². The van der Waals surface area contributed by atoms with E-state index in [1.54, 1.807) is 30.7 Å². The van der Waals surface area contributed by atoms with E-state index in [4.69, 9.17) is 5.73 Å². The van der Waals surface area contributed by atoms with E-state index in [9.17, 15) is 4.79 Å². The van der Waals surface area contributed by atoms with E-state index in [1.165, 1.54) is 0 Å². The summed E-state index contributed by atoms with van der Waals surface area (Å²) in [6.07, 6.45) is 5.12. The molecule has 6 nitrogen and oxygen atoms in total. The van der Waals surface area contributed by atoms with E-state index in [-0.39, 0.29) is 0 Å². The summed E-state index contributed by atoms with van der Waals surface area (Å²) < 4.78 is 0. The van der Waals surface area contributed by atoms with Crippen molar-refractivity contribution in [2.75, 3.05) is 5.32 Å². The summed E-state index contributed by atoms with van der Waals surface area (Å²) >= 11 is 0. The number of nitrogens with zero attached hydrogens (tertiary/aromatic N) is 3. The van der Waals surface area contributed by atoms with Gasteiger partial charge in [0.05, 0.1) is 5.69 Å². The monoisotopic (exact) mass is 305 g/mol. The van der Waals surface area contributed by atoms with Gasteiger partial charge in [-0.25, -0.2) is 9.97 Å². The van der Waals surface area contributed by atoms with Gasteiger partial charge in [0, 0.05) is 35.4 Å². The van der Waals surface area contributed by atoms with Gasteiger partial charge in [0.2, 0.25) is 11.9 Å². The van der Waals surface area contributed by atoms with Crippen molar-refractivity contribution in [3.8, 4) is 11.3 Å². The Bertz CT molecular complexity index is 849. The number of hydrogen-bond donors (Lipinski definition) is 2. The van der Waals surface area contributed by atoms with Crippen molar-refractivity contribution in [1.29, 1.82) is 0 Å². The number of carbonyl (C=O) groups is 1. The maximum absolute atomic E-state index is 11.4. The number of hydrogen-bond acceptors (Lipinski definition) is 5. The molecule has 1 aromatic carbocycles. The first-order chi connectivity index (χ1) is 11.1. The molecule has 3 aromatic rings. The van der Waals surface area contributed by atoms with E-state index in [1.807, 2.05) is 31.2 Å². The summed E-state index contributed by atoms with van der Waals surface area (Å²) in [7, 11) is 0. The van der Waals surface area contributed by atoms with Crippen molar-refractivity contribution >= 4 is 17.5 Å². The van der Waals surface area contributed by atoms with Crippen molar-refractivity contribution in [2.24, 2.45) is 5.73 Å². The van der Waals surface area contributed by atoms with Crippen LogP contribution in [0.2, 0.25) is 0 Å². The van der Waals surface area contributed by atoms with Gasteiger partial charge in [0.25, 0.3) is 0 Å². The molecule has 0 aliphatic rings. The number of amides is 1. The summed E-state index contributed by atoms with van der Waals surface area (Å²) in [5.74, 6) is -0.0211. The van der Waals surface area contributed by atoms with E-state index >= 15 is 0 Å². The Morgan fingerprint density at radius 2 is 2.00 bits per heavy atom. The number of rotatable bonds is 4. The second-order valence-electron chi connectivity index (χ2n) is 4.97. The lowest BCUT2D eigenvalue weighted by Crippen LogP contribution is -2.13. The lowest BCUT2D eigenvalue weighted by molar-refractivity contribution is 0.1000. The van der Waals surface area contributed by atoms with E-state index in [0.29, 0.717) is 11.5 Å². The van der Waals surface area contributed by atoms with Crippen molar-refractivity contribution in [2.45, 2.75) is 6.92 Å². The number of nitrogens with two attached hydrogens (primary N) is 1. The van der Waals surface area contributed by atoms with Gasteiger partial charge in [-0.05, 0) is 42.8 Å². The van der Waals surface area contributed by atoms with Crippen LogP contribution in [-0.4, -0.2) is 20.9 Å². The molecule has 0 aliphatic carbocycles. The van der Waals surface area contributed by atoms with E-state index in [2.05, 4.69) is 20.3 Å². The molecule has 0 saturated heterocycles. The van der Waals surface area contributed by atoms with Gasteiger partial charge in [-0.3, -0.25) is 9.78 Å². The molecule has 114 valence electrons. The minimum atomic E-state index is -0.462. The van der Waals surface area contributed by atoms with Crippen molar-refractivity contribution in [1.82, 2.24) is 15.0 Å². The number of carbonyl (C=O) groups excluding carboxylic acids is 1. The Morgan fingerprint density at radius 3 is 2.74 bits per heavy atom. The van der Waals surface area contributed by atoms with Crippen molar-refractivity contribution in [3.63, 3.8) is 0 Å². The zero-order valence-electron chi connectivity index (χ0n) is 12.5. The predicted octanol–water partition coefficient (Wildman–Crippen LogP) is 2.69. The topological polar surface area (TPSA) is 93.8 Å². The fraction of sp³-hybridized carbons (Fsp3) is 0.0588. The van der Waals surface area contributed by atoms with Crippen molar-refractivity contribution in [3.05, 3.63) is 66.1 Å². The zero-order chi connectivity index (χ0) is 16.2. The molecular formula is C17H15N5O. The summed E-state index contributed by atoms with van der Waals surface area (Å²) in [6, 6.07) is 10.9. The number of nitrogens with one attached hydrogen (secondary N) is 1. The van der Waals surface area contributed by atoms with Crippen LogP contribution in [0.3, 0.4) is 0 Å². The molecule has 0 aliphatic heterocycles. The molecule has 3 N–H and O–H groups in total. The van der Waals surface area contributed by atoms with Crippen LogP contribution in [0.5, 0.6) is 0 Å². The fourth-order valence-electron chi connectivity index (χ4n) is 2.25. The molecule has 0 radical (unpaired) electrons. The van der Waals surface area contributed by atoms with Crippen molar-refractivity contribution < 1.29 is 4.79 Å². The molecule has 23 heavy (non-hydrogen) atoms. The molecule has 2 heterocycles. The average Bonchev–Trinajstić information content (AvgIpc) is 2.57. The molecular weight excluding hydrogens is 290 g/mol. The first-order valence-electron chi connectivity index (χ1n) is 7.05. The number of pyridine rings is 1. The Kier molecular flexibility index (Phi) is 3.97. The number of primary amides is 1. The largest absolute Gasteiger partial charge is 0.366 e. The normalized spacial score (nSPS) is 10.3. The van der Waals surface area contributed by atoms with Crippen LogP contribution in [0.4, 0.5) is 11.6 Å². The van der Waals surface area contributed by atoms with Crippen LogP contribution in [-0.2, 0) is 0 Å². The highest BCUT2D eigenvalue weighted by Crippen LogP contribution is 2.23. The summed E-state index contributed by atoms with van der Waals surface area (Å²) in [4.78, 5) is 24.2. The SMILES string of the molecule is Cc1c(Nc2nccc(-c3cccnc3)n2)cccc1C(N)=O. The molecule has 0 saturated carbocycles. The van der Waals surface area contributed by atoms with Gasteiger partial charge < -0.3 is 11.1 Å². The van der Waals surface area contributed by atoms with Gasteiger partial charge in [-0.15, -0.1) is 0 Å². The number of benzene rings is 1. The fourth-order valence-corrected chi connectivity index (χ4v) is 2.25. The van der Waals surface area contributed by atoms with Gasteiger partial charge in [-0.1, -0.05) is 6.07 Å². The van der Waals surface area contributed by atoms with Gasteiger partial charge in [0.15, 0.2) is 0 Å². The summed E-state index contributed by atoms with van der Waals surface area (Å²) in [5, 5.41) is 3.13. The highest BCUT2D eigenvalue weighted by atomic mass is 16.1. The smallest absolute Gasteiger partial charge is 0.249 e. The third kappa shape index (κ3) is 3.16. The minimum absolute atomic E-state index is 0.441. The Hall–Kier alpha value is -3.28. The van der Waals surface area contributed by atoms with Crippen LogP contribution in [0.1, 0.15) is 15.9 Å². The second-order valence-corrected chi connectivity index (χ2v) is 4.97. The molecule has 2 aromatic heterocycles. The third-order valence-corrected chi connectivity index (χ3v) is 3.46. The lowest BCUT2D eigenvalue weighted by atomic mass is 10.1. The summed E-state index contributed by atoms with van der Waals surface area (Å²) in [5.41, 5.74) is 9.01. The average molecular weight is 305 g/mol. The number of anilines is 2. The van der Waals surface area contributed by atoms with Crippen LogP contribution in [0.25, 0.3) is 11.3 Å². The Labute approximate surface area is 133 Å². The quantitative estimate of drug-likeness (QED) is 0.773. The molecule has 0 bridgehead atoms. The predicted molar refractivity (Wildman–Crippen MR) is 88.2 cm³/mol. The minimum Gasteiger partial charge on any atom is -0.366 e. The van der Waals surface area contributed by atoms with Gasteiger partial charge >= 0.3 is 0 Å². The molecule has 0 unspecified atom stereocenters. The van der Waals surface area contributed by atoms with Crippen LogP contribution in [0, 0.1) is 6.92 Å². The lowest BCUT2D eigenvalue weighted by Gasteiger charge is -2.11. The molecule has 1 amide bonds. The Balaban J connectivity index is 1.93. The summed E-state index contributed by atoms with van der Waals surface area (Å²) in [6.45, 7) is 1.83. The molecule has 3 rings (SSSR count). The number of aromatic nitrogens is 3.